The number of nitrogens with two attached hydrogens (primary N) is 1. The zero-order valence-electron chi connectivity index (χ0n) is 14.0. The lowest BCUT2D eigenvalue weighted by molar-refractivity contribution is -0.159. The van der Waals surface area contributed by atoms with Crippen molar-refractivity contribution in [3.8, 4) is 0 Å². The van der Waals surface area contributed by atoms with Crippen LogP contribution in [-0.2, 0) is 20.9 Å². The Hall–Kier alpha value is -3.30. The van der Waals surface area contributed by atoms with Crippen molar-refractivity contribution < 1.29 is 33.7 Å². The molecule has 0 saturated carbocycles. The summed E-state index contributed by atoms with van der Waals surface area (Å²) in [6.07, 6.45) is -1.72. The molecular formula is C18H17FN2O6. The molecule has 0 fully saturated rings. The van der Waals surface area contributed by atoms with Crippen molar-refractivity contribution >= 4 is 23.5 Å². The molecule has 2 aromatic rings. The van der Waals surface area contributed by atoms with Crippen LogP contribution in [0.15, 0.2) is 48.5 Å². The van der Waals surface area contributed by atoms with Gasteiger partial charge in [0.15, 0.2) is 6.10 Å². The molecule has 142 valence electrons. The Morgan fingerprint density at radius 1 is 1.07 bits per heavy atom. The van der Waals surface area contributed by atoms with Gasteiger partial charge in [-0.25, -0.2) is 9.18 Å². The summed E-state index contributed by atoms with van der Waals surface area (Å²) in [5.74, 6) is -3.91. The van der Waals surface area contributed by atoms with Gasteiger partial charge in [0.25, 0.3) is 5.91 Å². The molecule has 1 amide bonds. The van der Waals surface area contributed by atoms with E-state index < -0.39 is 35.8 Å². The van der Waals surface area contributed by atoms with E-state index in [1.165, 1.54) is 18.2 Å². The first-order valence-electron chi connectivity index (χ1n) is 7.76. The maximum atomic E-state index is 12.9. The molecule has 9 heteroatoms. The third-order valence-corrected chi connectivity index (χ3v) is 3.58. The van der Waals surface area contributed by atoms with Crippen LogP contribution in [0.4, 0.5) is 10.1 Å². The predicted molar refractivity (Wildman–Crippen MR) is 92.6 cm³/mol. The van der Waals surface area contributed by atoms with E-state index in [4.69, 9.17) is 20.7 Å². The van der Waals surface area contributed by atoms with Gasteiger partial charge in [-0.15, -0.1) is 0 Å². The first-order valence-corrected chi connectivity index (χ1v) is 7.76. The molecule has 2 atom stereocenters. The average Bonchev–Trinajstić information content (AvgIpc) is 2.62. The number of halogens is 1. The number of carbonyl (C=O) groups is 3. The van der Waals surface area contributed by atoms with E-state index in [1.807, 2.05) is 0 Å². The van der Waals surface area contributed by atoms with Crippen molar-refractivity contribution in [3.05, 3.63) is 65.5 Å². The fraction of sp³-hybridized carbons (Fsp3) is 0.167. The minimum absolute atomic E-state index is 0.224. The first kappa shape index (κ1) is 20.0. The molecule has 0 aliphatic carbocycles. The molecule has 8 nitrogen and oxygen atoms in total. The molecule has 0 aliphatic rings. The number of hydrogen-bond donors (Lipinski definition) is 4. The number of ether oxygens (including phenoxy) is 1. The summed E-state index contributed by atoms with van der Waals surface area (Å²) >= 11 is 0. The maximum absolute atomic E-state index is 12.9. The first-order chi connectivity index (χ1) is 12.8. The zero-order valence-corrected chi connectivity index (χ0v) is 14.0. The van der Waals surface area contributed by atoms with Crippen molar-refractivity contribution in [1.82, 2.24) is 0 Å². The van der Waals surface area contributed by atoms with Gasteiger partial charge in [0.2, 0.25) is 0 Å². The molecule has 27 heavy (non-hydrogen) atoms. The number of aliphatic carboxylic acids is 2. The summed E-state index contributed by atoms with van der Waals surface area (Å²) in [6, 6.07) is 9.63. The van der Waals surface area contributed by atoms with Crippen LogP contribution in [-0.4, -0.2) is 40.2 Å². The number of benzene rings is 2. The Balaban J connectivity index is 2.04. The molecule has 5 N–H and O–H groups in total. The van der Waals surface area contributed by atoms with Crippen molar-refractivity contribution in [2.75, 3.05) is 5.32 Å². The molecule has 2 rings (SSSR count). The number of carboxylic acids is 2. The summed E-state index contributed by atoms with van der Waals surface area (Å²) in [7, 11) is 0. The van der Waals surface area contributed by atoms with Gasteiger partial charge in [-0.05, 0) is 42.0 Å². The van der Waals surface area contributed by atoms with Crippen LogP contribution in [0.5, 0.6) is 0 Å². The molecule has 0 heterocycles. The van der Waals surface area contributed by atoms with Gasteiger partial charge in [-0.1, -0.05) is 12.1 Å². The molecule has 0 bridgehead atoms. The zero-order chi connectivity index (χ0) is 20.0. The molecular weight excluding hydrogens is 358 g/mol. The van der Waals surface area contributed by atoms with Crippen LogP contribution in [0.1, 0.15) is 15.9 Å². The van der Waals surface area contributed by atoms with Gasteiger partial charge in [0.1, 0.15) is 11.9 Å². The summed E-state index contributed by atoms with van der Waals surface area (Å²) in [6.45, 7) is -0.224. The summed E-state index contributed by atoms with van der Waals surface area (Å²) in [4.78, 5) is 34.1. The molecule has 0 radical (unpaired) electrons. The fourth-order valence-electron chi connectivity index (χ4n) is 2.19. The van der Waals surface area contributed by atoms with E-state index in [1.54, 1.807) is 18.2 Å². The number of anilines is 1. The Kier molecular flexibility index (Phi) is 6.58. The second-order valence-corrected chi connectivity index (χ2v) is 5.60. The van der Waals surface area contributed by atoms with Gasteiger partial charge in [-0.2, -0.15) is 0 Å². The van der Waals surface area contributed by atoms with Crippen LogP contribution in [0, 0.1) is 5.82 Å². The Bertz CT molecular complexity index is 840. The largest absolute Gasteiger partial charge is 0.480 e. The highest BCUT2D eigenvalue weighted by molar-refractivity contribution is 6.04. The lowest BCUT2D eigenvalue weighted by atomic mass is 10.1. The molecule has 2 aromatic carbocycles. The predicted octanol–water partition coefficient (Wildman–Crippen LogP) is 1.46. The summed E-state index contributed by atoms with van der Waals surface area (Å²) in [5.41, 5.74) is 6.47. The third kappa shape index (κ3) is 5.59. The molecule has 0 saturated heterocycles. The number of rotatable bonds is 8. The van der Waals surface area contributed by atoms with E-state index in [-0.39, 0.29) is 12.2 Å². The van der Waals surface area contributed by atoms with Gasteiger partial charge in [0, 0.05) is 11.3 Å². The molecule has 0 aromatic heterocycles. The highest BCUT2D eigenvalue weighted by atomic mass is 18.2. The minimum atomic E-state index is -1.72. The molecule has 0 aliphatic heterocycles. The van der Waals surface area contributed by atoms with Crippen LogP contribution >= 0.6 is 0 Å². The smallest absolute Gasteiger partial charge is 0.335 e. The number of amides is 1. The van der Waals surface area contributed by atoms with Gasteiger partial charge in [-0.3, -0.25) is 9.59 Å². The van der Waals surface area contributed by atoms with E-state index in [2.05, 4.69) is 5.32 Å². The van der Waals surface area contributed by atoms with Crippen molar-refractivity contribution in [2.45, 2.75) is 18.8 Å². The summed E-state index contributed by atoms with van der Waals surface area (Å²) < 4.78 is 18.0. The lowest BCUT2D eigenvalue weighted by Crippen LogP contribution is -2.47. The highest BCUT2D eigenvalue weighted by Gasteiger charge is 2.31. The van der Waals surface area contributed by atoms with E-state index in [9.17, 15) is 18.8 Å². The van der Waals surface area contributed by atoms with E-state index in [0.717, 1.165) is 12.1 Å². The monoisotopic (exact) mass is 375 g/mol. The van der Waals surface area contributed by atoms with Gasteiger partial charge < -0.3 is 26.0 Å². The third-order valence-electron chi connectivity index (χ3n) is 3.58. The van der Waals surface area contributed by atoms with Crippen molar-refractivity contribution in [1.29, 1.82) is 0 Å². The lowest BCUT2D eigenvalue weighted by Gasteiger charge is -2.17. The second kappa shape index (κ2) is 8.88. The van der Waals surface area contributed by atoms with E-state index in [0.29, 0.717) is 11.3 Å². The topological polar surface area (TPSA) is 139 Å². The SMILES string of the molecule is N[C@H](C(=O)O)[C@H](OCc1cccc(NC(=O)c2ccc([18F])cc2)c1)C(=O)O. The number of carboxylic acid groups (broad SMARTS) is 2. The van der Waals surface area contributed by atoms with Crippen LogP contribution in [0.25, 0.3) is 0 Å². The quantitative estimate of drug-likeness (QED) is 0.548. The van der Waals surface area contributed by atoms with Crippen molar-refractivity contribution in [3.63, 3.8) is 0 Å². The van der Waals surface area contributed by atoms with Gasteiger partial charge >= 0.3 is 11.9 Å². The highest BCUT2D eigenvalue weighted by Crippen LogP contribution is 2.15. The van der Waals surface area contributed by atoms with Crippen LogP contribution in [0.2, 0.25) is 0 Å². The second-order valence-electron chi connectivity index (χ2n) is 5.60. The number of hydrogen-bond acceptors (Lipinski definition) is 5. The number of nitrogens with one attached hydrogen (secondary N) is 1. The standard InChI is InChI=1S/C18H17FN2O6/c19-12-6-4-11(5-7-12)16(22)21-13-3-1-2-10(8-13)9-27-15(18(25)26)14(20)17(23)24/h1-8,14-15H,9,20H2,(H,21,22)(H,23,24)(H,25,26)/t14-,15-/m0/s1/i19-1. The van der Waals surface area contributed by atoms with Crippen LogP contribution < -0.4 is 11.1 Å². The maximum Gasteiger partial charge on any atom is 0.335 e. The average molecular weight is 375 g/mol. The Labute approximate surface area is 153 Å². The Morgan fingerprint density at radius 3 is 2.33 bits per heavy atom. The number of carbonyl (C=O) groups excluding carboxylic acids is 1. The van der Waals surface area contributed by atoms with E-state index >= 15 is 0 Å². The van der Waals surface area contributed by atoms with Crippen LogP contribution in [0.3, 0.4) is 0 Å². The fourth-order valence-corrected chi connectivity index (χ4v) is 2.19. The normalized spacial score (nSPS) is 12.8. The Morgan fingerprint density at radius 2 is 1.74 bits per heavy atom. The molecule has 0 unspecified atom stereocenters. The summed E-state index contributed by atoms with van der Waals surface area (Å²) in [5, 5.41) is 20.5. The van der Waals surface area contributed by atoms with Gasteiger partial charge in [0.05, 0.1) is 6.61 Å². The minimum Gasteiger partial charge on any atom is -0.480 e. The molecule has 0 spiro atoms. The van der Waals surface area contributed by atoms with Crippen molar-refractivity contribution in [2.24, 2.45) is 5.73 Å².